The number of nitrogens with zero attached hydrogens (tertiary/aromatic N) is 1. The maximum absolute atomic E-state index is 10.0. The van der Waals surface area contributed by atoms with Gasteiger partial charge in [0.2, 0.25) is 0 Å². The standard InChI is InChI=1S/C7H14N2O/c1-3-9(6-7-10)5-4-8-2/h3,7-8H,1,4-6H2,2H3. The molecule has 58 valence electrons. The summed E-state index contributed by atoms with van der Waals surface area (Å²) in [6.45, 7) is 5.71. The zero-order valence-corrected chi connectivity index (χ0v) is 6.34. The molecule has 0 saturated carbocycles. The van der Waals surface area contributed by atoms with Crippen molar-refractivity contribution in [1.82, 2.24) is 10.2 Å². The predicted molar refractivity (Wildman–Crippen MR) is 41.8 cm³/mol. The van der Waals surface area contributed by atoms with E-state index in [0.29, 0.717) is 6.54 Å². The highest BCUT2D eigenvalue weighted by molar-refractivity contribution is 5.52. The molecule has 0 unspecified atom stereocenters. The quantitative estimate of drug-likeness (QED) is 0.523. The smallest absolute Gasteiger partial charge is 0.139 e. The first kappa shape index (κ1) is 9.17. The van der Waals surface area contributed by atoms with Crippen molar-refractivity contribution in [3.05, 3.63) is 12.8 Å². The van der Waals surface area contributed by atoms with E-state index in [2.05, 4.69) is 11.9 Å². The van der Waals surface area contributed by atoms with Crippen LogP contribution in [-0.2, 0) is 4.79 Å². The topological polar surface area (TPSA) is 32.3 Å². The van der Waals surface area contributed by atoms with Crippen LogP contribution < -0.4 is 5.32 Å². The molecule has 1 N–H and O–H groups in total. The van der Waals surface area contributed by atoms with E-state index in [-0.39, 0.29) is 0 Å². The molecule has 0 aliphatic carbocycles. The lowest BCUT2D eigenvalue weighted by Gasteiger charge is -2.15. The van der Waals surface area contributed by atoms with Crippen molar-refractivity contribution in [3.63, 3.8) is 0 Å². The maximum Gasteiger partial charge on any atom is 0.139 e. The Hall–Kier alpha value is -0.830. The van der Waals surface area contributed by atoms with Crippen molar-refractivity contribution >= 4 is 6.29 Å². The lowest BCUT2D eigenvalue weighted by Crippen LogP contribution is -2.27. The molecule has 0 aromatic rings. The van der Waals surface area contributed by atoms with Crippen LogP contribution in [0.25, 0.3) is 0 Å². The van der Waals surface area contributed by atoms with Crippen molar-refractivity contribution in [1.29, 1.82) is 0 Å². The minimum atomic E-state index is 0.436. The molecule has 0 spiro atoms. The molecular weight excluding hydrogens is 128 g/mol. The van der Waals surface area contributed by atoms with Gasteiger partial charge in [-0.05, 0) is 13.2 Å². The van der Waals surface area contributed by atoms with Gasteiger partial charge < -0.3 is 15.0 Å². The first-order valence-corrected chi connectivity index (χ1v) is 3.30. The molecule has 0 aliphatic heterocycles. The van der Waals surface area contributed by atoms with Gasteiger partial charge in [0.15, 0.2) is 0 Å². The highest BCUT2D eigenvalue weighted by Gasteiger charge is 1.93. The fraction of sp³-hybridized carbons (Fsp3) is 0.571. The van der Waals surface area contributed by atoms with Gasteiger partial charge in [0.05, 0.1) is 6.54 Å². The van der Waals surface area contributed by atoms with Crippen LogP contribution in [0.3, 0.4) is 0 Å². The fourth-order valence-corrected chi connectivity index (χ4v) is 0.608. The molecule has 10 heavy (non-hydrogen) atoms. The second kappa shape index (κ2) is 6.29. The van der Waals surface area contributed by atoms with E-state index >= 15 is 0 Å². The second-order valence-electron chi connectivity index (χ2n) is 1.95. The number of hydrogen-bond donors (Lipinski definition) is 1. The largest absolute Gasteiger partial charge is 0.370 e. The lowest BCUT2D eigenvalue weighted by atomic mass is 10.5. The lowest BCUT2D eigenvalue weighted by molar-refractivity contribution is -0.108. The summed E-state index contributed by atoms with van der Waals surface area (Å²) in [5.41, 5.74) is 0. The average molecular weight is 142 g/mol. The first-order chi connectivity index (χ1) is 4.85. The molecule has 0 bridgehead atoms. The van der Waals surface area contributed by atoms with Gasteiger partial charge in [-0.1, -0.05) is 6.58 Å². The van der Waals surface area contributed by atoms with Crippen LogP contribution in [-0.4, -0.2) is 37.9 Å². The van der Waals surface area contributed by atoms with E-state index in [0.717, 1.165) is 19.4 Å². The number of carbonyl (C=O) groups is 1. The molecular formula is C7H14N2O. The maximum atomic E-state index is 10.0. The highest BCUT2D eigenvalue weighted by Crippen LogP contribution is 1.82. The van der Waals surface area contributed by atoms with E-state index in [1.165, 1.54) is 0 Å². The van der Waals surface area contributed by atoms with Gasteiger partial charge in [0.1, 0.15) is 6.29 Å². The summed E-state index contributed by atoms with van der Waals surface area (Å²) < 4.78 is 0. The molecule has 0 rings (SSSR count). The molecule has 0 aliphatic rings. The number of carbonyl (C=O) groups excluding carboxylic acids is 1. The normalized spacial score (nSPS) is 8.90. The Kier molecular flexibility index (Phi) is 5.77. The minimum absolute atomic E-state index is 0.436. The number of hydrogen-bond acceptors (Lipinski definition) is 3. The zero-order chi connectivity index (χ0) is 7.82. The summed E-state index contributed by atoms with van der Waals surface area (Å²) in [5, 5.41) is 2.99. The summed E-state index contributed by atoms with van der Waals surface area (Å²) in [5.74, 6) is 0. The van der Waals surface area contributed by atoms with E-state index in [9.17, 15) is 4.79 Å². The fourth-order valence-electron chi connectivity index (χ4n) is 0.608. The molecule has 0 saturated heterocycles. The molecule has 0 atom stereocenters. The number of rotatable bonds is 6. The summed E-state index contributed by atoms with van der Waals surface area (Å²) in [6.07, 6.45) is 2.54. The molecule has 3 nitrogen and oxygen atoms in total. The van der Waals surface area contributed by atoms with Crippen LogP contribution in [0, 0.1) is 0 Å². The number of nitrogens with one attached hydrogen (secondary N) is 1. The third-order valence-corrected chi connectivity index (χ3v) is 1.22. The van der Waals surface area contributed by atoms with Crippen molar-refractivity contribution in [2.75, 3.05) is 26.7 Å². The molecule has 3 heteroatoms. The third-order valence-electron chi connectivity index (χ3n) is 1.22. The Morgan fingerprint density at radius 1 is 1.70 bits per heavy atom. The van der Waals surface area contributed by atoms with Gasteiger partial charge in [-0.2, -0.15) is 0 Å². The SMILES string of the molecule is C=CN(CC=O)CCNC. The molecule has 0 radical (unpaired) electrons. The van der Waals surface area contributed by atoms with E-state index in [4.69, 9.17) is 0 Å². The van der Waals surface area contributed by atoms with E-state index < -0.39 is 0 Å². The van der Waals surface area contributed by atoms with Gasteiger partial charge in [0.25, 0.3) is 0 Å². The molecule has 0 aromatic carbocycles. The Bertz CT molecular complexity index is 104. The van der Waals surface area contributed by atoms with Crippen molar-refractivity contribution in [3.8, 4) is 0 Å². The summed E-state index contributed by atoms with van der Waals surface area (Å²) in [7, 11) is 1.88. The minimum Gasteiger partial charge on any atom is -0.370 e. The number of aldehydes is 1. The van der Waals surface area contributed by atoms with Crippen LogP contribution in [0.2, 0.25) is 0 Å². The average Bonchev–Trinajstić information content (AvgIpc) is 1.98. The van der Waals surface area contributed by atoms with Gasteiger partial charge in [0, 0.05) is 13.1 Å². The van der Waals surface area contributed by atoms with Crippen LogP contribution in [0.1, 0.15) is 0 Å². The first-order valence-electron chi connectivity index (χ1n) is 3.30. The van der Waals surface area contributed by atoms with Gasteiger partial charge >= 0.3 is 0 Å². The van der Waals surface area contributed by atoms with Gasteiger partial charge in [-0.15, -0.1) is 0 Å². The number of likely N-dealkylation sites (N-methyl/N-ethyl adjacent to an activating group) is 1. The van der Waals surface area contributed by atoms with Crippen molar-refractivity contribution < 1.29 is 4.79 Å². The monoisotopic (exact) mass is 142 g/mol. The van der Waals surface area contributed by atoms with Gasteiger partial charge in [-0.25, -0.2) is 0 Å². The van der Waals surface area contributed by atoms with Crippen LogP contribution in [0.4, 0.5) is 0 Å². The molecule has 0 amide bonds. The molecule has 0 heterocycles. The Labute approximate surface area is 61.7 Å². The molecule has 0 aromatic heterocycles. The van der Waals surface area contributed by atoms with Crippen LogP contribution in [0.15, 0.2) is 12.8 Å². The van der Waals surface area contributed by atoms with Crippen LogP contribution in [0.5, 0.6) is 0 Å². The Balaban J connectivity index is 3.38. The summed E-state index contributed by atoms with van der Waals surface area (Å²) in [6, 6.07) is 0. The van der Waals surface area contributed by atoms with Crippen molar-refractivity contribution in [2.24, 2.45) is 0 Å². The summed E-state index contributed by atoms with van der Waals surface area (Å²) >= 11 is 0. The summed E-state index contributed by atoms with van der Waals surface area (Å²) in [4.78, 5) is 11.9. The van der Waals surface area contributed by atoms with Gasteiger partial charge in [-0.3, -0.25) is 0 Å². The highest BCUT2D eigenvalue weighted by atomic mass is 16.1. The zero-order valence-electron chi connectivity index (χ0n) is 6.34. The van der Waals surface area contributed by atoms with Crippen molar-refractivity contribution in [2.45, 2.75) is 0 Å². The Morgan fingerprint density at radius 3 is 2.80 bits per heavy atom. The predicted octanol–water partition coefficient (Wildman–Crippen LogP) is -0.150. The van der Waals surface area contributed by atoms with E-state index in [1.54, 1.807) is 6.20 Å². The third kappa shape index (κ3) is 4.09. The van der Waals surface area contributed by atoms with E-state index in [1.807, 2.05) is 11.9 Å². The van der Waals surface area contributed by atoms with Crippen LogP contribution >= 0.6 is 0 Å². The second-order valence-corrected chi connectivity index (χ2v) is 1.95. The molecule has 0 fully saturated rings. The Morgan fingerprint density at radius 2 is 2.40 bits per heavy atom.